The van der Waals surface area contributed by atoms with E-state index in [1.165, 1.54) is 50.2 Å². The van der Waals surface area contributed by atoms with E-state index >= 15 is 0 Å². The molecule has 3 amide bonds. The number of furan rings is 2. The molecule has 388 valence electrons. The Labute approximate surface area is 407 Å². The van der Waals surface area contributed by atoms with Crippen LogP contribution in [0.15, 0.2) is 79.5 Å². The fraction of sp³-hybridized carbons (Fsp3) is 0.435. The van der Waals surface area contributed by atoms with Gasteiger partial charge in [-0.15, -0.1) is 0 Å². The summed E-state index contributed by atoms with van der Waals surface area (Å²) in [6.07, 6.45) is -4.81. The van der Waals surface area contributed by atoms with Gasteiger partial charge in [0.1, 0.15) is 23.2 Å². The summed E-state index contributed by atoms with van der Waals surface area (Å²) in [7, 11) is 0. The van der Waals surface area contributed by atoms with E-state index in [1.807, 2.05) is 0 Å². The predicted molar refractivity (Wildman–Crippen MR) is 246 cm³/mol. The first-order valence-corrected chi connectivity index (χ1v) is 22.5. The molecule has 0 saturated heterocycles. The van der Waals surface area contributed by atoms with Gasteiger partial charge in [0.05, 0.1) is 36.4 Å². The Morgan fingerprint density at radius 1 is 0.690 bits per heavy atom. The van der Waals surface area contributed by atoms with Crippen molar-refractivity contribution >= 4 is 58.2 Å². The molecular formula is C46H53ClF8N8O8. The van der Waals surface area contributed by atoms with E-state index in [9.17, 15) is 54.3 Å². The Balaban J connectivity index is 0.000000279. The number of ether oxygens (including phenoxy) is 2. The lowest BCUT2D eigenvalue weighted by Gasteiger charge is -2.28. The summed E-state index contributed by atoms with van der Waals surface area (Å²) in [5.41, 5.74) is 4.40. The van der Waals surface area contributed by atoms with Crippen LogP contribution in [0.25, 0.3) is 0 Å². The number of anilines is 2. The van der Waals surface area contributed by atoms with Crippen molar-refractivity contribution in [3.63, 3.8) is 0 Å². The van der Waals surface area contributed by atoms with Crippen LogP contribution in [0.3, 0.4) is 0 Å². The maximum atomic E-state index is 13.7. The highest BCUT2D eigenvalue weighted by atomic mass is 35.5. The molecule has 4 aromatic rings. The second-order valence-electron chi connectivity index (χ2n) is 16.0. The predicted octanol–water partition coefficient (Wildman–Crippen LogP) is 10.6. The normalized spacial score (nSPS) is 18.3. The third kappa shape index (κ3) is 19.2. The minimum atomic E-state index is -4.87. The second kappa shape index (κ2) is 26.5. The largest absolute Gasteiger partial charge is 0.456 e. The molecule has 16 nitrogen and oxygen atoms in total. The molecule has 7 N–H and O–H groups in total. The van der Waals surface area contributed by atoms with Crippen LogP contribution >= 0.6 is 11.6 Å². The fourth-order valence-corrected chi connectivity index (χ4v) is 7.39. The zero-order valence-electron chi connectivity index (χ0n) is 38.8. The van der Waals surface area contributed by atoms with Crippen LogP contribution in [-0.2, 0) is 21.8 Å². The number of nitrogens with one attached hydrogen (secondary N) is 5. The number of hydrogen-bond donors (Lipinski definition) is 6. The van der Waals surface area contributed by atoms with Gasteiger partial charge in [-0.2, -0.15) is 26.3 Å². The standard InChI is InChI=1S/C23H26F4N4O4.C20H22F4N4O2.C3H5ClO2/c1-3-34-22(33)30-17-9-5-8-16(12-17)29-21(28-15-7-4-6-14(24)11-15)31-20(32)18-10-13(2)35-19(18)23(25,26)27;1-11-8-16(17(30-11)20(22,23)24)18(29)28-19(26-14-6-2-4-12(21)9-14)27-15-7-3-5-13(25)10-15;1-2-6-3(4)5/h4,6-7,10-11,16-17H,3,5,8-9,12H2,1-2H3,(H,30,33)(H2,28,29,31,32);2,4,6,8-9,13,15H,3,5,7,10,25H2,1H3,(H2,26,27,28,29);2H2,1H3. The van der Waals surface area contributed by atoms with E-state index in [0.717, 1.165) is 37.5 Å². The minimum Gasteiger partial charge on any atom is -0.456 e. The Morgan fingerprint density at radius 2 is 1.14 bits per heavy atom. The number of aliphatic imine (C=N–C) groups is 2. The van der Waals surface area contributed by atoms with Crippen molar-refractivity contribution in [2.45, 2.75) is 116 Å². The van der Waals surface area contributed by atoms with Gasteiger partial charge in [-0.1, -0.05) is 12.1 Å². The maximum Gasteiger partial charge on any atom is 0.450 e. The van der Waals surface area contributed by atoms with Gasteiger partial charge >= 0.3 is 23.9 Å². The van der Waals surface area contributed by atoms with Crippen molar-refractivity contribution in [3.05, 3.63) is 106 Å². The first kappa shape index (κ1) is 56.9. The minimum absolute atomic E-state index is 0.0491. The summed E-state index contributed by atoms with van der Waals surface area (Å²) in [6, 6.07) is 11.8. The Bertz CT molecular complexity index is 2500. The van der Waals surface area contributed by atoms with Gasteiger partial charge in [-0.05, 0) is 128 Å². The molecule has 2 aromatic carbocycles. The van der Waals surface area contributed by atoms with Crippen LogP contribution < -0.4 is 32.3 Å². The molecule has 0 radical (unpaired) electrons. The molecular weight excluding hydrogens is 980 g/mol. The zero-order chi connectivity index (χ0) is 52.5. The van der Waals surface area contributed by atoms with Crippen molar-refractivity contribution < 1.29 is 72.6 Å². The van der Waals surface area contributed by atoms with Gasteiger partial charge in [-0.25, -0.2) is 28.4 Å². The molecule has 2 heterocycles. The first-order valence-electron chi connectivity index (χ1n) is 22.1. The maximum absolute atomic E-state index is 13.7. The number of rotatable bonds is 9. The summed E-state index contributed by atoms with van der Waals surface area (Å²) < 4.78 is 125. The highest BCUT2D eigenvalue weighted by molar-refractivity contribution is 6.61. The van der Waals surface area contributed by atoms with Crippen LogP contribution in [0, 0.1) is 25.5 Å². The van der Waals surface area contributed by atoms with Crippen LogP contribution in [0.5, 0.6) is 0 Å². The Kier molecular flexibility index (Phi) is 21.2. The number of halogens is 9. The molecule has 2 aliphatic carbocycles. The number of carbonyl (C=O) groups is 4. The summed E-state index contributed by atoms with van der Waals surface area (Å²) >= 11 is 4.72. The molecule has 2 fully saturated rings. The van der Waals surface area contributed by atoms with Crippen LogP contribution in [0.1, 0.15) is 109 Å². The number of hydrogen-bond acceptors (Lipinski definition) is 11. The lowest BCUT2D eigenvalue weighted by atomic mass is 9.91. The second-order valence-corrected chi connectivity index (χ2v) is 16.3. The Hall–Kier alpha value is -6.69. The van der Waals surface area contributed by atoms with Crippen molar-refractivity contribution in [1.82, 2.24) is 16.0 Å². The molecule has 71 heavy (non-hydrogen) atoms. The topological polar surface area (TPSA) is 224 Å². The average molecular weight is 1030 g/mol. The highest BCUT2D eigenvalue weighted by Gasteiger charge is 2.41. The SMILES string of the molecule is CCOC(=O)Cl.CCOC(=O)NC1CCCC(N=C(NC(=O)c2cc(C)oc2C(F)(F)F)Nc2cccc(F)c2)C1.Cc1cc(C(=O)NC(=NC2CCCC(N)C2)Nc2cccc(F)c2)c(C(F)(F)F)o1. The van der Waals surface area contributed by atoms with Gasteiger partial charge < -0.3 is 40.0 Å². The molecule has 0 spiro atoms. The molecule has 0 bridgehead atoms. The van der Waals surface area contributed by atoms with E-state index in [4.69, 9.17) is 22.1 Å². The van der Waals surface area contributed by atoms with E-state index in [1.54, 1.807) is 19.9 Å². The number of benzene rings is 2. The van der Waals surface area contributed by atoms with Gasteiger partial charge in [0.25, 0.3) is 11.8 Å². The van der Waals surface area contributed by atoms with E-state index in [-0.39, 0.29) is 65.6 Å². The zero-order valence-corrected chi connectivity index (χ0v) is 39.5. The molecule has 2 aliphatic rings. The van der Waals surface area contributed by atoms with Crippen molar-refractivity contribution in [1.29, 1.82) is 0 Å². The molecule has 2 aromatic heterocycles. The number of alkyl halides is 6. The monoisotopic (exact) mass is 1030 g/mol. The number of guanidine groups is 2. The smallest absolute Gasteiger partial charge is 0.450 e. The first-order chi connectivity index (χ1) is 33.4. The summed E-state index contributed by atoms with van der Waals surface area (Å²) in [5.74, 6) is -6.39. The molecule has 2 saturated carbocycles. The molecule has 6 rings (SSSR count). The number of aryl methyl sites for hydroxylation is 2. The highest BCUT2D eigenvalue weighted by Crippen LogP contribution is 2.35. The van der Waals surface area contributed by atoms with Gasteiger partial charge in [-0.3, -0.25) is 20.2 Å². The van der Waals surface area contributed by atoms with Crippen LogP contribution in [0.2, 0.25) is 0 Å². The summed E-state index contributed by atoms with van der Waals surface area (Å²) in [4.78, 5) is 55.6. The van der Waals surface area contributed by atoms with Crippen molar-refractivity contribution in [3.8, 4) is 0 Å². The number of nitrogens with two attached hydrogens (primary N) is 1. The molecule has 4 atom stereocenters. The van der Waals surface area contributed by atoms with E-state index in [0.29, 0.717) is 38.7 Å². The number of nitrogens with zero attached hydrogens (tertiary/aromatic N) is 2. The molecule has 0 aliphatic heterocycles. The van der Waals surface area contributed by atoms with Crippen molar-refractivity contribution in [2.75, 3.05) is 23.8 Å². The number of alkyl carbamates (subject to hydrolysis) is 1. The fourth-order valence-electron chi connectivity index (χ4n) is 7.28. The number of amides is 3. The molecule has 4 unspecified atom stereocenters. The quantitative estimate of drug-likeness (QED) is 0.0400. The average Bonchev–Trinajstić information content (AvgIpc) is 3.88. The van der Waals surface area contributed by atoms with Crippen molar-refractivity contribution in [2.24, 2.45) is 15.7 Å². The third-order valence-electron chi connectivity index (χ3n) is 10.2. The summed E-state index contributed by atoms with van der Waals surface area (Å²) in [6.45, 7) is 6.57. The lowest BCUT2D eigenvalue weighted by Crippen LogP contribution is -2.41. The van der Waals surface area contributed by atoms with Gasteiger partial charge in [0.2, 0.25) is 23.4 Å². The van der Waals surface area contributed by atoms with Crippen LogP contribution in [-0.4, -0.2) is 72.6 Å². The third-order valence-corrected chi connectivity index (χ3v) is 10.3. The molecule has 25 heteroatoms. The lowest BCUT2D eigenvalue weighted by molar-refractivity contribution is -0.154. The van der Waals surface area contributed by atoms with E-state index < -0.39 is 70.0 Å². The number of carbonyl (C=O) groups excluding carboxylic acids is 4. The van der Waals surface area contributed by atoms with E-state index in [2.05, 4.69) is 50.1 Å². The summed E-state index contributed by atoms with van der Waals surface area (Å²) in [5, 5.41) is 13.0. The van der Waals surface area contributed by atoms with Gasteiger partial charge in [0, 0.05) is 35.1 Å². The Morgan fingerprint density at radius 3 is 1.54 bits per heavy atom. The van der Waals surface area contributed by atoms with Gasteiger partial charge in [0.15, 0.2) is 0 Å². The van der Waals surface area contributed by atoms with Crippen LogP contribution in [0.4, 0.5) is 56.1 Å².